The first-order valence-electron chi connectivity index (χ1n) is 12.4. The van der Waals surface area contributed by atoms with E-state index in [4.69, 9.17) is 9.47 Å². The molecule has 0 amide bonds. The molecule has 206 valence electrons. The molecule has 4 aromatic rings. The fourth-order valence-corrected chi connectivity index (χ4v) is 4.58. The summed E-state index contributed by atoms with van der Waals surface area (Å²) < 4.78 is 53.4. The highest BCUT2D eigenvalue weighted by Crippen LogP contribution is 2.28. The maximum absolute atomic E-state index is 12.3. The molecule has 4 rings (SSSR count). The van der Waals surface area contributed by atoms with Crippen molar-refractivity contribution in [1.29, 1.82) is 0 Å². The number of ether oxygens (including phenoxy) is 3. The summed E-state index contributed by atoms with van der Waals surface area (Å²) >= 11 is 1.60. The van der Waals surface area contributed by atoms with Crippen LogP contribution in [0.2, 0.25) is 0 Å². The molecule has 0 atom stereocenters. The third-order valence-corrected chi connectivity index (χ3v) is 6.57. The number of nitrogens with zero attached hydrogens (tertiary/aromatic N) is 2. The molecule has 3 aromatic carbocycles. The zero-order chi connectivity index (χ0) is 27.7. The lowest BCUT2D eigenvalue weighted by atomic mass is 10.2. The van der Waals surface area contributed by atoms with Crippen LogP contribution < -0.4 is 19.7 Å². The summed E-state index contributed by atoms with van der Waals surface area (Å²) in [6, 6.07) is 20.1. The number of benzene rings is 3. The Kier molecular flexibility index (Phi) is 9.80. The Morgan fingerprint density at radius 3 is 2.51 bits per heavy atom. The summed E-state index contributed by atoms with van der Waals surface area (Å²) in [5, 5.41) is 4.06. The second kappa shape index (κ2) is 13.5. The van der Waals surface area contributed by atoms with Gasteiger partial charge in [-0.05, 0) is 59.7 Å². The number of halogens is 3. The maximum atomic E-state index is 12.3. The van der Waals surface area contributed by atoms with E-state index < -0.39 is 6.36 Å². The van der Waals surface area contributed by atoms with Crippen molar-refractivity contribution < 1.29 is 27.4 Å². The smallest absolute Gasteiger partial charge is 0.491 e. The summed E-state index contributed by atoms with van der Waals surface area (Å²) in [6.45, 7) is 2.22. The molecule has 0 radical (unpaired) electrons. The van der Waals surface area contributed by atoms with E-state index >= 15 is 0 Å². The van der Waals surface area contributed by atoms with E-state index in [2.05, 4.69) is 50.3 Å². The highest BCUT2D eigenvalue weighted by Gasteiger charge is 2.31. The van der Waals surface area contributed by atoms with Gasteiger partial charge >= 0.3 is 6.36 Å². The number of thiazole rings is 1. The van der Waals surface area contributed by atoms with Crippen LogP contribution in [0.15, 0.2) is 66.7 Å². The van der Waals surface area contributed by atoms with Gasteiger partial charge in [0.25, 0.3) is 0 Å². The first-order valence-corrected chi connectivity index (χ1v) is 13.2. The normalized spacial score (nSPS) is 11.8. The van der Waals surface area contributed by atoms with Crippen LogP contribution in [-0.4, -0.2) is 51.8 Å². The number of nitrogens with one attached hydrogen (secondary N) is 1. The van der Waals surface area contributed by atoms with Gasteiger partial charge < -0.3 is 24.4 Å². The van der Waals surface area contributed by atoms with Crippen molar-refractivity contribution in [3.05, 3.63) is 82.9 Å². The van der Waals surface area contributed by atoms with E-state index in [0.29, 0.717) is 38.5 Å². The number of alkyl halides is 3. The number of hydrogen-bond acceptors (Lipinski definition) is 7. The first kappa shape index (κ1) is 28.4. The Labute approximate surface area is 229 Å². The molecule has 0 spiro atoms. The van der Waals surface area contributed by atoms with Crippen molar-refractivity contribution in [3.8, 4) is 11.5 Å². The Hall–Kier alpha value is -3.60. The molecule has 0 aliphatic rings. The van der Waals surface area contributed by atoms with Gasteiger partial charge in [0.1, 0.15) is 23.1 Å². The Bertz CT molecular complexity index is 1370. The van der Waals surface area contributed by atoms with E-state index in [1.807, 2.05) is 38.4 Å². The van der Waals surface area contributed by atoms with Crippen LogP contribution in [0, 0.1) is 0 Å². The summed E-state index contributed by atoms with van der Waals surface area (Å²) in [7, 11) is 4.04. The monoisotopic (exact) mass is 557 g/mol. The Balaban J connectivity index is 1.15. The lowest BCUT2D eigenvalue weighted by Crippen LogP contribution is -2.21. The summed E-state index contributed by atoms with van der Waals surface area (Å²) in [5.41, 5.74) is 3.89. The highest BCUT2D eigenvalue weighted by molar-refractivity contribution is 7.19. The molecular weight excluding hydrogens is 527 g/mol. The molecule has 39 heavy (non-hydrogen) atoms. The molecule has 6 nitrogen and oxygen atoms in total. The quantitative estimate of drug-likeness (QED) is 0.187. The van der Waals surface area contributed by atoms with Crippen LogP contribution in [0.5, 0.6) is 11.5 Å². The fourth-order valence-electron chi connectivity index (χ4n) is 3.69. The van der Waals surface area contributed by atoms with Gasteiger partial charge in [-0.15, -0.1) is 24.5 Å². The maximum Gasteiger partial charge on any atom is 0.573 e. The molecule has 10 heteroatoms. The molecule has 0 aliphatic carbocycles. The van der Waals surface area contributed by atoms with Gasteiger partial charge in [-0.2, -0.15) is 0 Å². The molecule has 0 aliphatic heterocycles. The molecule has 0 bridgehead atoms. The second-order valence-corrected chi connectivity index (χ2v) is 9.90. The molecule has 1 heterocycles. The topological polar surface area (TPSA) is 55.9 Å². The number of hydrogen-bond donors (Lipinski definition) is 1. The number of rotatable bonds is 13. The molecule has 1 aromatic heterocycles. The van der Waals surface area contributed by atoms with E-state index in [1.165, 1.54) is 18.2 Å². The van der Waals surface area contributed by atoms with Crippen molar-refractivity contribution in [2.24, 2.45) is 0 Å². The van der Waals surface area contributed by atoms with Crippen LogP contribution in [0.25, 0.3) is 22.4 Å². The van der Waals surface area contributed by atoms with Gasteiger partial charge in [-0.1, -0.05) is 30.3 Å². The zero-order valence-electron chi connectivity index (χ0n) is 21.7. The van der Waals surface area contributed by atoms with Crippen molar-refractivity contribution >= 4 is 39.4 Å². The standard InChI is InChI=1S/C29H30F3N3O3S/c1-35(2)23-9-6-21(7-10-23)8-13-28-34-26-12-11-24(19-27(26)39-28)37-17-16-36-15-14-33-20-22-4-3-5-25(18-22)38-29(30,31)32/h3-13,18-19,33H,14-17,20H2,1-2H3/b13-8+. The molecule has 0 unspecified atom stereocenters. The number of fused-ring (bicyclic) bond motifs is 1. The number of aromatic nitrogens is 1. The Morgan fingerprint density at radius 2 is 1.74 bits per heavy atom. The van der Waals surface area contributed by atoms with Gasteiger partial charge in [0.2, 0.25) is 0 Å². The van der Waals surface area contributed by atoms with Crippen molar-refractivity contribution in [2.75, 3.05) is 45.4 Å². The van der Waals surface area contributed by atoms with E-state index in [9.17, 15) is 13.2 Å². The van der Waals surface area contributed by atoms with Gasteiger partial charge in [-0.3, -0.25) is 0 Å². The second-order valence-electron chi connectivity index (χ2n) is 8.83. The lowest BCUT2D eigenvalue weighted by Gasteiger charge is -2.11. The van der Waals surface area contributed by atoms with Crippen LogP contribution in [0.3, 0.4) is 0 Å². The summed E-state index contributed by atoms with van der Waals surface area (Å²) in [6.07, 6.45) is -0.626. The third kappa shape index (κ3) is 9.27. The first-order chi connectivity index (χ1) is 18.7. The van der Waals surface area contributed by atoms with Crippen molar-refractivity contribution in [2.45, 2.75) is 12.9 Å². The predicted molar refractivity (Wildman–Crippen MR) is 150 cm³/mol. The Morgan fingerprint density at radius 1 is 0.923 bits per heavy atom. The average molecular weight is 558 g/mol. The van der Waals surface area contributed by atoms with Crippen molar-refractivity contribution in [3.63, 3.8) is 0 Å². The molecule has 0 fully saturated rings. The van der Waals surface area contributed by atoms with Gasteiger partial charge in [-0.25, -0.2) is 4.98 Å². The predicted octanol–water partition coefficient (Wildman–Crippen LogP) is 6.62. The van der Waals surface area contributed by atoms with Crippen molar-refractivity contribution in [1.82, 2.24) is 10.3 Å². The summed E-state index contributed by atoms with van der Waals surface area (Å²) in [5.74, 6) is 0.522. The zero-order valence-corrected chi connectivity index (χ0v) is 22.5. The van der Waals surface area contributed by atoms with Gasteiger partial charge in [0.05, 0.1) is 23.4 Å². The molecule has 0 saturated heterocycles. The average Bonchev–Trinajstić information content (AvgIpc) is 3.31. The van der Waals surface area contributed by atoms with Crippen LogP contribution in [-0.2, 0) is 11.3 Å². The SMILES string of the molecule is CN(C)c1ccc(/C=C/c2nc3ccc(OCCOCCNCc4cccc(OC(F)(F)F)c4)cc3s2)cc1. The van der Waals surface area contributed by atoms with Gasteiger partial charge in [0.15, 0.2) is 0 Å². The van der Waals surface area contributed by atoms with E-state index in [-0.39, 0.29) is 5.75 Å². The number of anilines is 1. The van der Waals surface area contributed by atoms with Crippen LogP contribution in [0.1, 0.15) is 16.1 Å². The van der Waals surface area contributed by atoms with E-state index in [1.54, 1.807) is 17.4 Å². The minimum atomic E-state index is -4.70. The van der Waals surface area contributed by atoms with Gasteiger partial charge in [0, 0.05) is 32.9 Å². The minimum Gasteiger partial charge on any atom is -0.491 e. The molecule has 1 N–H and O–H groups in total. The molecule has 0 saturated carbocycles. The van der Waals surface area contributed by atoms with Crippen LogP contribution >= 0.6 is 11.3 Å². The summed E-state index contributed by atoms with van der Waals surface area (Å²) in [4.78, 5) is 6.74. The molecular formula is C29H30F3N3O3S. The third-order valence-electron chi connectivity index (χ3n) is 5.59. The highest BCUT2D eigenvalue weighted by atomic mass is 32.1. The largest absolute Gasteiger partial charge is 0.573 e. The minimum absolute atomic E-state index is 0.231. The lowest BCUT2D eigenvalue weighted by molar-refractivity contribution is -0.274. The van der Waals surface area contributed by atoms with Crippen LogP contribution in [0.4, 0.5) is 18.9 Å². The fraction of sp³-hybridized carbons (Fsp3) is 0.276. The van der Waals surface area contributed by atoms with E-state index in [0.717, 1.165) is 32.2 Å².